The summed E-state index contributed by atoms with van der Waals surface area (Å²) in [5, 5.41) is 6.91. The number of ether oxygens (including phenoxy) is 2. The number of benzene rings is 2. The molecular formula is C30H35F3N6O3. The number of nitrogens with zero attached hydrogens (tertiary/aromatic N) is 4. The Morgan fingerprint density at radius 1 is 1.14 bits per heavy atom. The van der Waals surface area contributed by atoms with Gasteiger partial charge in [0, 0.05) is 67.2 Å². The SMILES string of the molecule is COc1cc(OCCN(C)C)c(NC(=O)/C=C/C(F)(F)F)cc1NC1=NC=CC(c2c(C)n(C)c3ccccc23)N1C. The highest BCUT2D eigenvalue weighted by atomic mass is 19.4. The van der Waals surface area contributed by atoms with Crippen LogP contribution in [0.5, 0.6) is 11.5 Å². The third-order valence-electron chi connectivity index (χ3n) is 6.99. The molecule has 0 saturated carbocycles. The number of hydrogen-bond acceptors (Lipinski definition) is 7. The van der Waals surface area contributed by atoms with E-state index >= 15 is 0 Å². The van der Waals surface area contributed by atoms with Crippen molar-refractivity contribution in [2.45, 2.75) is 19.1 Å². The molecule has 0 bridgehead atoms. The molecule has 0 fully saturated rings. The van der Waals surface area contributed by atoms with E-state index < -0.39 is 12.1 Å². The zero-order valence-electron chi connectivity index (χ0n) is 24.4. The fourth-order valence-electron chi connectivity index (χ4n) is 4.73. The van der Waals surface area contributed by atoms with Gasteiger partial charge in [-0.15, -0.1) is 0 Å². The minimum Gasteiger partial charge on any atom is -0.494 e. The van der Waals surface area contributed by atoms with Gasteiger partial charge in [0.2, 0.25) is 11.9 Å². The predicted octanol–water partition coefficient (Wildman–Crippen LogP) is 5.46. The number of fused-ring (bicyclic) bond motifs is 1. The van der Waals surface area contributed by atoms with Crippen molar-refractivity contribution in [3.05, 3.63) is 72.1 Å². The van der Waals surface area contributed by atoms with E-state index in [1.165, 1.54) is 7.11 Å². The van der Waals surface area contributed by atoms with Gasteiger partial charge in [0.1, 0.15) is 18.1 Å². The number of methoxy groups -OCH3 is 1. The second-order valence-electron chi connectivity index (χ2n) is 10.1. The molecule has 1 unspecified atom stereocenters. The molecule has 3 aromatic rings. The molecule has 1 atom stereocenters. The number of carbonyl (C=O) groups is 1. The summed E-state index contributed by atoms with van der Waals surface area (Å²) in [6, 6.07) is 11.2. The number of para-hydroxylation sites is 1. The quantitative estimate of drug-likeness (QED) is 0.325. The maximum Gasteiger partial charge on any atom is 0.409 e. The molecule has 1 aliphatic rings. The molecule has 1 aliphatic heterocycles. The summed E-state index contributed by atoms with van der Waals surface area (Å²) >= 11 is 0. The van der Waals surface area contributed by atoms with Crippen LogP contribution in [0.4, 0.5) is 24.5 Å². The van der Waals surface area contributed by atoms with E-state index in [1.807, 2.05) is 56.2 Å². The molecule has 9 nitrogen and oxygen atoms in total. The number of hydrogen-bond donors (Lipinski definition) is 2. The highest BCUT2D eigenvalue weighted by molar-refractivity contribution is 6.02. The van der Waals surface area contributed by atoms with E-state index in [-0.39, 0.29) is 30.2 Å². The van der Waals surface area contributed by atoms with Crippen molar-refractivity contribution in [2.24, 2.45) is 12.0 Å². The minimum atomic E-state index is -4.62. The lowest BCUT2D eigenvalue weighted by molar-refractivity contribution is -0.112. The maximum atomic E-state index is 12.7. The van der Waals surface area contributed by atoms with Crippen molar-refractivity contribution in [1.82, 2.24) is 14.4 Å². The second kappa shape index (κ2) is 12.6. The summed E-state index contributed by atoms with van der Waals surface area (Å²) in [4.78, 5) is 20.8. The number of likely N-dealkylation sites (N-methyl/N-ethyl adjacent to an activating group) is 2. The summed E-state index contributed by atoms with van der Waals surface area (Å²) in [7, 11) is 9.20. The molecule has 2 N–H and O–H groups in total. The number of rotatable bonds is 9. The monoisotopic (exact) mass is 584 g/mol. The number of alkyl halides is 3. The molecule has 0 radical (unpaired) electrons. The predicted molar refractivity (Wildman–Crippen MR) is 159 cm³/mol. The molecule has 2 heterocycles. The summed E-state index contributed by atoms with van der Waals surface area (Å²) in [6.07, 6.45) is -0.570. The standard InChI is InChI=1S/C30H35F3N6O3/c1-19-28(20-9-7-8-10-23(20)38(19)4)24-12-14-34-29(39(24)5)36-21-17-22(35-27(40)11-13-30(31,32)33)26(18-25(21)41-6)42-16-15-37(2)3/h7-14,17-18,24H,15-16H2,1-6H3,(H,34,36)(H,35,40)/b13-11+. The minimum absolute atomic E-state index is 0.120. The van der Waals surface area contributed by atoms with Crippen LogP contribution >= 0.6 is 0 Å². The topological polar surface area (TPSA) is 83.4 Å². The van der Waals surface area contributed by atoms with Crippen LogP contribution in [0.15, 0.2) is 65.8 Å². The first kappa shape index (κ1) is 30.5. The molecule has 1 aromatic heterocycles. The Kier molecular flexibility index (Phi) is 9.15. The van der Waals surface area contributed by atoms with Crippen LogP contribution in [-0.4, -0.2) is 73.8 Å². The van der Waals surface area contributed by atoms with Crippen molar-refractivity contribution in [3.8, 4) is 11.5 Å². The Labute approximate surface area is 242 Å². The van der Waals surface area contributed by atoms with Crippen LogP contribution in [0.3, 0.4) is 0 Å². The lowest BCUT2D eigenvalue weighted by atomic mass is 10.0. The Bertz CT molecular complexity index is 1540. The van der Waals surface area contributed by atoms with Crippen LogP contribution in [0, 0.1) is 6.92 Å². The van der Waals surface area contributed by atoms with Gasteiger partial charge >= 0.3 is 6.18 Å². The summed E-state index contributed by atoms with van der Waals surface area (Å²) in [5.41, 5.74) is 3.98. The molecular weight excluding hydrogens is 549 g/mol. The Hall–Kier alpha value is -4.45. The van der Waals surface area contributed by atoms with Crippen molar-refractivity contribution < 1.29 is 27.4 Å². The van der Waals surface area contributed by atoms with Crippen molar-refractivity contribution in [3.63, 3.8) is 0 Å². The molecule has 0 saturated heterocycles. The molecule has 0 aliphatic carbocycles. The second-order valence-corrected chi connectivity index (χ2v) is 10.1. The van der Waals surface area contributed by atoms with Crippen LogP contribution in [-0.2, 0) is 11.8 Å². The smallest absolute Gasteiger partial charge is 0.409 e. The Balaban J connectivity index is 1.66. The van der Waals surface area contributed by atoms with Gasteiger partial charge < -0.3 is 34.5 Å². The highest BCUT2D eigenvalue weighted by Gasteiger charge is 2.27. The van der Waals surface area contributed by atoms with E-state index in [0.717, 1.165) is 22.2 Å². The average molecular weight is 585 g/mol. The van der Waals surface area contributed by atoms with Crippen molar-refractivity contribution in [2.75, 3.05) is 52.0 Å². The van der Waals surface area contributed by atoms with Crippen LogP contribution in [0.25, 0.3) is 10.9 Å². The molecule has 4 rings (SSSR count). The number of carbonyl (C=O) groups excluding carboxylic acids is 1. The van der Waals surface area contributed by atoms with Gasteiger partial charge in [-0.05, 0) is 39.2 Å². The van der Waals surface area contributed by atoms with E-state index in [4.69, 9.17) is 9.47 Å². The molecule has 0 spiro atoms. The van der Waals surface area contributed by atoms with E-state index in [9.17, 15) is 18.0 Å². The number of aromatic nitrogens is 1. The van der Waals surface area contributed by atoms with E-state index in [1.54, 1.807) is 18.3 Å². The summed E-state index contributed by atoms with van der Waals surface area (Å²) < 4.78 is 51.6. The lowest BCUT2D eigenvalue weighted by Gasteiger charge is -2.32. The molecule has 2 aromatic carbocycles. The van der Waals surface area contributed by atoms with Gasteiger partial charge in [-0.1, -0.05) is 18.2 Å². The Morgan fingerprint density at radius 2 is 1.88 bits per heavy atom. The highest BCUT2D eigenvalue weighted by Crippen LogP contribution is 2.39. The van der Waals surface area contributed by atoms with Gasteiger partial charge in [-0.3, -0.25) is 4.79 Å². The fourth-order valence-corrected chi connectivity index (χ4v) is 4.73. The van der Waals surface area contributed by atoms with Crippen LogP contribution in [0.1, 0.15) is 17.3 Å². The lowest BCUT2D eigenvalue weighted by Crippen LogP contribution is -2.37. The van der Waals surface area contributed by atoms with Crippen LogP contribution < -0.4 is 20.1 Å². The summed E-state index contributed by atoms with van der Waals surface area (Å²) in [6.45, 7) is 2.93. The first-order valence-electron chi connectivity index (χ1n) is 13.2. The molecule has 1 amide bonds. The number of aryl methyl sites for hydroxylation is 1. The van der Waals surface area contributed by atoms with Crippen molar-refractivity contribution >= 4 is 34.1 Å². The number of amides is 1. The van der Waals surface area contributed by atoms with Gasteiger partial charge in [0.25, 0.3) is 0 Å². The fraction of sp³-hybridized carbons (Fsp3) is 0.333. The number of aliphatic imine (C=N–C) groups is 1. The van der Waals surface area contributed by atoms with Gasteiger partial charge in [-0.2, -0.15) is 13.2 Å². The first-order chi connectivity index (χ1) is 19.9. The third kappa shape index (κ3) is 6.88. The van der Waals surface area contributed by atoms with Gasteiger partial charge in [0.15, 0.2) is 0 Å². The first-order valence-corrected chi connectivity index (χ1v) is 13.2. The zero-order valence-corrected chi connectivity index (χ0v) is 24.4. The summed E-state index contributed by atoms with van der Waals surface area (Å²) in [5.74, 6) is 0.185. The van der Waals surface area contributed by atoms with Crippen LogP contribution in [0.2, 0.25) is 0 Å². The number of anilines is 2. The number of nitrogens with one attached hydrogen (secondary N) is 2. The average Bonchev–Trinajstić information content (AvgIpc) is 3.18. The van der Waals surface area contributed by atoms with Gasteiger partial charge in [0.05, 0.1) is 24.5 Å². The molecule has 12 heteroatoms. The maximum absolute atomic E-state index is 12.7. The molecule has 224 valence electrons. The van der Waals surface area contributed by atoms with E-state index in [0.29, 0.717) is 30.0 Å². The van der Waals surface area contributed by atoms with Crippen molar-refractivity contribution in [1.29, 1.82) is 0 Å². The third-order valence-corrected chi connectivity index (χ3v) is 6.99. The number of halogens is 3. The normalized spacial score (nSPS) is 15.4. The molecule has 42 heavy (non-hydrogen) atoms. The Morgan fingerprint density at radius 3 is 2.57 bits per heavy atom. The largest absolute Gasteiger partial charge is 0.494 e. The zero-order chi connectivity index (χ0) is 30.6. The van der Waals surface area contributed by atoms with Gasteiger partial charge in [-0.25, -0.2) is 4.99 Å². The number of allylic oxidation sites excluding steroid dienone is 1. The number of guanidine groups is 1. The van der Waals surface area contributed by atoms with E-state index in [2.05, 4.69) is 39.2 Å².